The van der Waals surface area contributed by atoms with E-state index in [1.807, 2.05) is 10.3 Å². The molecule has 20 heavy (non-hydrogen) atoms. The summed E-state index contributed by atoms with van der Waals surface area (Å²) in [7, 11) is 0. The molecule has 0 saturated heterocycles. The molecule has 104 valence electrons. The van der Waals surface area contributed by atoms with E-state index in [2.05, 4.69) is 0 Å². The van der Waals surface area contributed by atoms with Gasteiger partial charge in [-0.15, -0.1) is 0 Å². The van der Waals surface area contributed by atoms with E-state index in [9.17, 15) is 9.18 Å². The third kappa shape index (κ3) is 2.14. The van der Waals surface area contributed by atoms with Gasteiger partial charge in [0.05, 0.1) is 6.26 Å². The highest BCUT2D eigenvalue weighted by Crippen LogP contribution is 2.30. The normalized spacial score (nSPS) is 13.4. The largest absolute Gasteiger partial charge is 0.459 e. The monoisotopic (exact) mass is 275 g/mol. The van der Waals surface area contributed by atoms with Gasteiger partial charge in [-0.25, -0.2) is 10.2 Å². The predicted octanol–water partition coefficient (Wildman–Crippen LogP) is 1.58. The van der Waals surface area contributed by atoms with Crippen molar-refractivity contribution in [2.45, 2.75) is 13.0 Å². The molecule has 1 aromatic heterocycles. The van der Waals surface area contributed by atoms with E-state index in [4.69, 9.17) is 10.3 Å². The summed E-state index contributed by atoms with van der Waals surface area (Å²) in [6.45, 7) is 1.27. The summed E-state index contributed by atoms with van der Waals surface area (Å²) in [6.07, 6.45) is 2.31. The van der Waals surface area contributed by atoms with Gasteiger partial charge in [-0.05, 0) is 30.2 Å². The number of carbonyl (C=O) groups is 1. The molecule has 1 amide bonds. The Balaban J connectivity index is 1.86. The minimum atomic E-state index is -0.469. The zero-order valence-corrected chi connectivity index (χ0v) is 10.7. The Morgan fingerprint density at radius 2 is 2.30 bits per heavy atom. The Morgan fingerprint density at radius 3 is 3.10 bits per heavy atom. The lowest BCUT2D eigenvalue weighted by molar-refractivity contribution is 0.0924. The number of halogens is 1. The van der Waals surface area contributed by atoms with Crippen molar-refractivity contribution in [1.82, 2.24) is 5.43 Å². The lowest BCUT2D eigenvalue weighted by Crippen LogP contribution is -2.31. The first-order valence-corrected chi connectivity index (χ1v) is 6.29. The van der Waals surface area contributed by atoms with Crippen LogP contribution in [-0.4, -0.2) is 12.5 Å². The molecule has 6 heteroatoms. The maximum Gasteiger partial charge on any atom is 0.301 e. The molecule has 1 aliphatic rings. The summed E-state index contributed by atoms with van der Waals surface area (Å²) >= 11 is 0. The number of carbonyl (C=O) groups excluding carboxylic acids is 1. The molecule has 0 atom stereocenters. The van der Waals surface area contributed by atoms with Crippen LogP contribution >= 0.6 is 0 Å². The number of nitrogens with zero attached hydrogens (tertiary/aromatic N) is 1. The smallest absolute Gasteiger partial charge is 0.301 e. The lowest BCUT2D eigenvalue weighted by Gasteiger charge is -2.19. The zero-order valence-electron chi connectivity index (χ0n) is 10.7. The number of hydrazine groups is 1. The first kappa shape index (κ1) is 12.7. The van der Waals surface area contributed by atoms with E-state index in [1.165, 1.54) is 18.4 Å². The van der Waals surface area contributed by atoms with E-state index in [-0.39, 0.29) is 11.6 Å². The molecule has 2 aromatic rings. The van der Waals surface area contributed by atoms with Crippen LogP contribution in [0, 0.1) is 5.82 Å². The number of furan rings is 1. The van der Waals surface area contributed by atoms with Crippen molar-refractivity contribution in [3.8, 4) is 0 Å². The van der Waals surface area contributed by atoms with Gasteiger partial charge < -0.3 is 9.32 Å². The Bertz CT molecular complexity index is 654. The van der Waals surface area contributed by atoms with Gasteiger partial charge in [0.1, 0.15) is 5.82 Å². The number of hydrogen-bond donors (Lipinski definition) is 2. The van der Waals surface area contributed by atoms with Gasteiger partial charge in [0.15, 0.2) is 5.76 Å². The van der Waals surface area contributed by atoms with Crippen molar-refractivity contribution in [2.24, 2.45) is 5.84 Å². The van der Waals surface area contributed by atoms with Crippen molar-refractivity contribution in [3.05, 3.63) is 53.2 Å². The van der Waals surface area contributed by atoms with Crippen molar-refractivity contribution in [2.75, 3.05) is 11.4 Å². The Morgan fingerprint density at radius 1 is 1.45 bits per heavy atom. The molecular formula is C14H14FN3O2. The van der Waals surface area contributed by atoms with Crippen LogP contribution in [0.5, 0.6) is 0 Å². The van der Waals surface area contributed by atoms with Crippen LogP contribution in [0.15, 0.2) is 34.9 Å². The Labute approximate surface area is 115 Å². The number of rotatable bonds is 3. The average Bonchev–Trinajstić information content (AvgIpc) is 3.06. The number of nitrogen functional groups attached to an aromatic ring is 1. The zero-order chi connectivity index (χ0) is 14.1. The van der Waals surface area contributed by atoms with Crippen LogP contribution in [0.3, 0.4) is 0 Å². The molecule has 5 nitrogen and oxygen atoms in total. The lowest BCUT2D eigenvalue weighted by atomic mass is 10.1. The van der Waals surface area contributed by atoms with E-state index >= 15 is 0 Å². The molecule has 0 radical (unpaired) electrons. The highest BCUT2D eigenvalue weighted by atomic mass is 19.1. The second-order valence-electron chi connectivity index (χ2n) is 4.69. The van der Waals surface area contributed by atoms with E-state index in [0.29, 0.717) is 6.54 Å². The van der Waals surface area contributed by atoms with Crippen molar-refractivity contribution in [1.29, 1.82) is 0 Å². The summed E-state index contributed by atoms with van der Waals surface area (Å²) in [5, 5.41) is 0. The van der Waals surface area contributed by atoms with Crippen molar-refractivity contribution >= 4 is 11.6 Å². The van der Waals surface area contributed by atoms with Gasteiger partial charge in [-0.3, -0.25) is 10.2 Å². The molecule has 2 heterocycles. The Kier molecular flexibility index (Phi) is 3.15. The number of anilines is 1. The number of benzene rings is 1. The molecule has 0 fully saturated rings. The molecule has 1 aromatic carbocycles. The maximum atomic E-state index is 13.4. The highest BCUT2D eigenvalue weighted by Gasteiger charge is 2.23. The molecule has 3 rings (SSSR count). The van der Waals surface area contributed by atoms with E-state index < -0.39 is 5.91 Å². The highest BCUT2D eigenvalue weighted by molar-refractivity contribution is 5.92. The summed E-state index contributed by atoms with van der Waals surface area (Å²) < 4.78 is 18.5. The fourth-order valence-corrected chi connectivity index (χ4v) is 2.51. The summed E-state index contributed by atoms with van der Waals surface area (Å²) in [6, 6.07) is 6.51. The standard InChI is InChI=1S/C14H14FN3O2/c15-11-2-1-9-3-5-18(12(9)7-11)8-10-4-6-20-13(10)14(19)17-16/h1-2,4,6-7H,3,5,8,16H2,(H,17,19). The summed E-state index contributed by atoms with van der Waals surface area (Å²) in [5.74, 6) is 4.58. The second kappa shape index (κ2) is 4.97. The molecule has 0 aliphatic carbocycles. The van der Waals surface area contributed by atoms with Gasteiger partial charge in [-0.2, -0.15) is 0 Å². The topological polar surface area (TPSA) is 71.5 Å². The fraction of sp³-hybridized carbons (Fsp3) is 0.214. The van der Waals surface area contributed by atoms with E-state index in [0.717, 1.165) is 29.8 Å². The van der Waals surface area contributed by atoms with Crippen LogP contribution in [0.2, 0.25) is 0 Å². The first-order chi connectivity index (χ1) is 9.69. The fourth-order valence-electron chi connectivity index (χ4n) is 2.51. The maximum absolute atomic E-state index is 13.4. The van der Waals surface area contributed by atoms with Crippen molar-refractivity contribution in [3.63, 3.8) is 0 Å². The third-order valence-corrected chi connectivity index (χ3v) is 3.48. The molecule has 0 bridgehead atoms. The van der Waals surface area contributed by atoms with Crippen LogP contribution in [0.1, 0.15) is 21.7 Å². The average molecular weight is 275 g/mol. The number of fused-ring (bicyclic) bond motifs is 1. The number of nitrogens with one attached hydrogen (secondary N) is 1. The molecule has 0 spiro atoms. The SMILES string of the molecule is NNC(=O)c1occc1CN1CCc2ccc(F)cc21. The van der Waals surface area contributed by atoms with Gasteiger partial charge in [0.2, 0.25) is 0 Å². The van der Waals surface area contributed by atoms with Crippen LogP contribution in [0.25, 0.3) is 0 Å². The quantitative estimate of drug-likeness (QED) is 0.507. The van der Waals surface area contributed by atoms with Crippen LogP contribution in [-0.2, 0) is 13.0 Å². The molecular weight excluding hydrogens is 261 g/mol. The molecule has 1 aliphatic heterocycles. The van der Waals surface area contributed by atoms with Gasteiger partial charge in [0, 0.05) is 24.3 Å². The minimum absolute atomic E-state index is 0.192. The second-order valence-corrected chi connectivity index (χ2v) is 4.69. The predicted molar refractivity (Wildman–Crippen MR) is 71.5 cm³/mol. The first-order valence-electron chi connectivity index (χ1n) is 6.29. The van der Waals surface area contributed by atoms with Crippen molar-refractivity contribution < 1.29 is 13.6 Å². The van der Waals surface area contributed by atoms with Gasteiger partial charge in [-0.1, -0.05) is 6.07 Å². The number of nitrogens with two attached hydrogens (primary N) is 1. The molecule has 0 unspecified atom stereocenters. The van der Waals surface area contributed by atoms with Crippen LogP contribution < -0.4 is 16.2 Å². The van der Waals surface area contributed by atoms with E-state index in [1.54, 1.807) is 12.1 Å². The minimum Gasteiger partial charge on any atom is -0.459 e. The van der Waals surface area contributed by atoms with Gasteiger partial charge >= 0.3 is 5.91 Å². The molecule has 3 N–H and O–H groups in total. The van der Waals surface area contributed by atoms with Gasteiger partial charge in [0.25, 0.3) is 0 Å². The number of amides is 1. The Hall–Kier alpha value is -2.34. The summed E-state index contributed by atoms with van der Waals surface area (Å²) in [5.41, 5.74) is 4.75. The summed E-state index contributed by atoms with van der Waals surface area (Å²) in [4.78, 5) is 13.6. The number of hydrogen-bond acceptors (Lipinski definition) is 4. The molecule has 0 saturated carbocycles. The third-order valence-electron chi connectivity index (χ3n) is 3.48. The van der Waals surface area contributed by atoms with Crippen LogP contribution in [0.4, 0.5) is 10.1 Å².